The van der Waals surface area contributed by atoms with Gasteiger partial charge >= 0.3 is 11.9 Å². The summed E-state index contributed by atoms with van der Waals surface area (Å²) in [6.45, 7) is 3.83. The van der Waals surface area contributed by atoms with E-state index in [1.807, 2.05) is 19.9 Å². The fourth-order valence-electron chi connectivity index (χ4n) is 1.72. The Morgan fingerprint density at radius 3 is 2.71 bits per heavy atom. The lowest BCUT2D eigenvalue weighted by Gasteiger charge is -2.13. The number of hydrogen-bond acceptors (Lipinski definition) is 3. The zero-order chi connectivity index (χ0) is 10.3. The van der Waals surface area contributed by atoms with E-state index in [0.29, 0.717) is 5.57 Å². The average Bonchev–Trinajstić information content (AvgIpc) is 2.43. The lowest BCUT2D eigenvalue weighted by Crippen LogP contribution is -2.14. The first kappa shape index (κ1) is 8.94. The standard InChI is InChI=1S/C11H10O3/c1-6(2)7-4-3-5-8-9(7)11(13)14-10(8)12/h3-5,9H,1-2H3. The number of esters is 2. The summed E-state index contributed by atoms with van der Waals surface area (Å²) in [6, 6.07) is 0. The van der Waals surface area contributed by atoms with E-state index < -0.39 is 17.9 Å². The molecule has 1 saturated heterocycles. The van der Waals surface area contributed by atoms with Gasteiger partial charge in [-0.25, -0.2) is 4.79 Å². The fraction of sp³-hybridized carbons (Fsp3) is 0.273. The summed E-state index contributed by atoms with van der Waals surface area (Å²) < 4.78 is 4.57. The lowest BCUT2D eigenvalue weighted by atomic mass is 9.86. The van der Waals surface area contributed by atoms with Crippen LogP contribution in [-0.2, 0) is 14.3 Å². The normalized spacial score (nSPS) is 24.6. The van der Waals surface area contributed by atoms with Crippen LogP contribution in [0.4, 0.5) is 0 Å². The topological polar surface area (TPSA) is 43.4 Å². The van der Waals surface area contributed by atoms with E-state index in [9.17, 15) is 9.59 Å². The van der Waals surface area contributed by atoms with Gasteiger partial charge in [0.1, 0.15) is 5.92 Å². The SMILES string of the molecule is CC(C)=C1C=CC=C2C(=O)OC(=O)C21. The number of carbonyl (C=O) groups excluding carboxylic acids is 2. The van der Waals surface area contributed by atoms with Crippen LogP contribution in [0.1, 0.15) is 13.8 Å². The minimum absolute atomic E-state index is 0.453. The highest BCUT2D eigenvalue weighted by molar-refractivity contribution is 6.09. The maximum atomic E-state index is 11.4. The minimum Gasteiger partial charge on any atom is -0.389 e. The van der Waals surface area contributed by atoms with Gasteiger partial charge in [-0.05, 0) is 19.4 Å². The molecule has 0 aromatic carbocycles. The number of ether oxygens (including phenoxy) is 1. The maximum absolute atomic E-state index is 11.4. The molecule has 72 valence electrons. The number of rotatable bonds is 0. The maximum Gasteiger partial charge on any atom is 0.342 e. The quantitative estimate of drug-likeness (QED) is 0.429. The second-order valence-corrected chi connectivity index (χ2v) is 3.58. The minimum atomic E-state index is -0.511. The van der Waals surface area contributed by atoms with Crippen molar-refractivity contribution < 1.29 is 14.3 Å². The number of fused-ring (bicyclic) bond motifs is 1. The van der Waals surface area contributed by atoms with Crippen molar-refractivity contribution in [2.45, 2.75) is 13.8 Å². The van der Waals surface area contributed by atoms with E-state index in [4.69, 9.17) is 0 Å². The summed E-state index contributed by atoms with van der Waals surface area (Å²) in [4.78, 5) is 22.6. The molecular weight excluding hydrogens is 180 g/mol. The van der Waals surface area contributed by atoms with Crippen LogP contribution in [0, 0.1) is 5.92 Å². The summed E-state index contributed by atoms with van der Waals surface area (Å²) >= 11 is 0. The van der Waals surface area contributed by atoms with Crippen LogP contribution in [0.3, 0.4) is 0 Å². The Balaban J connectivity index is 2.54. The second kappa shape index (κ2) is 2.94. The molecule has 0 bridgehead atoms. The Hall–Kier alpha value is -1.64. The molecule has 0 saturated carbocycles. The van der Waals surface area contributed by atoms with Crippen molar-refractivity contribution in [2.75, 3.05) is 0 Å². The highest BCUT2D eigenvalue weighted by Gasteiger charge is 2.41. The van der Waals surface area contributed by atoms with Gasteiger partial charge in [-0.2, -0.15) is 0 Å². The molecule has 0 radical (unpaired) electrons. The molecule has 0 aromatic heterocycles. The Kier molecular flexibility index (Phi) is 1.88. The number of allylic oxidation sites excluding steroid dienone is 4. The zero-order valence-corrected chi connectivity index (χ0v) is 8.03. The van der Waals surface area contributed by atoms with Gasteiger partial charge in [-0.1, -0.05) is 23.8 Å². The number of carbonyl (C=O) groups is 2. The molecule has 14 heavy (non-hydrogen) atoms. The largest absolute Gasteiger partial charge is 0.389 e. The highest BCUT2D eigenvalue weighted by Crippen LogP contribution is 2.34. The van der Waals surface area contributed by atoms with Gasteiger partial charge in [0, 0.05) is 0 Å². The predicted molar refractivity (Wildman–Crippen MR) is 50.2 cm³/mol. The molecule has 3 nitrogen and oxygen atoms in total. The molecule has 1 heterocycles. The average molecular weight is 190 g/mol. The highest BCUT2D eigenvalue weighted by atomic mass is 16.6. The number of cyclic esters (lactones) is 2. The molecule has 1 aliphatic heterocycles. The van der Waals surface area contributed by atoms with Crippen LogP contribution in [0.2, 0.25) is 0 Å². The molecule has 1 unspecified atom stereocenters. The van der Waals surface area contributed by atoms with Gasteiger partial charge in [0.15, 0.2) is 0 Å². The smallest absolute Gasteiger partial charge is 0.342 e. The molecular formula is C11H10O3. The fourth-order valence-corrected chi connectivity index (χ4v) is 1.72. The van der Waals surface area contributed by atoms with Gasteiger partial charge in [-0.3, -0.25) is 4.79 Å². The van der Waals surface area contributed by atoms with Crippen LogP contribution in [0.25, 0.3) is 0 Å². The van der Waals surface area contributed by atoms with Crippen molar-refractivity contribution in [1.82, 2.24) is 0 Å². The molecule has 1 fully saturated rings. The van der Waals surface area contributed by atoms with Gasteiger partial charge in [-0.15, -0.1) is 0 Å². The Morgan fingerprint density at radius 1 is 1.36 bits per heavy atom. The molecule has 0 spiro atoms. The van der Waals surface area contributed by atoms with Gasteiger partial charge in [0.25, 0.3) is 0 Å². The van der Waals surface area contributed by atoms with Crippen molar-refractivity contribution in [3.8, 4) is 0 Å². The third-order valence-electron chi connectivity index (χ3n) is 2.42. The van der Waals surface area contributed by atoms with E-state index >= 15 is 0 Å². The monoisotopic (exact) mass is 190 g/mol. The van der Waals surface area contributed by atoms with Crippen molar-refractivity contribution in [3.05, 3.63) is 34.9 Å². The van der Waals surface area contributed by atoms with E-state index in [2.05, 4.69) is 4.74 Å². The molecule has 0 aromatic rings. The zero-order valence-electron chi connectivity index (χ0n) is 8.03. The first-order valence-corrected chi connectivity index (χ1v) is 4.43. The summed E-state index contributed by atoms with van der Waals surface area (Å²) in [5, 5.41) is 0. The summed E-state index contributed by atoms with van der Waals surface area (Å²) in [5.74, 6) is -1.46. The molecule has 2 rings (SSSR count). The Morgan fingerprint density at radius 2 is 2.07 bits per heavy atom. The first-order valence-electron chi connectivity index (χ1n) is 4.43. The third-order valence-corrected chi connectivity index (χ3v) is 2.42. The van der Waals surface area contributed by atoms with E-state index in [-0.39, 0.29) is 0 Å². The molecule has 2 aliphatic rings. The van der Waals surface area contributed by atoms with E-state index in [1.54, 1.807) is 12.2 Å². The van der Waals surface area contributed by atoms with Crippen LogP contribution < -0.4 is 0 Å². The Labute approximate surface area is 81.7 Å². The molecule has 0 N–H and O–H groups in total. The van der Waals surface area contributed by atoms with Crippen molar-refractivity contribution in [2.24, 2.45) is 5.92 Å². The van der Waals surface area contributed by atoms with Crippen LogP contribution in [-0.4, -0.2) is 11.9 Å². The summed E-state index contributed by atoms with van der Waals surface area (Å²) in [5.41, 5.74) is 2.36. The van der Waals surface area contributed by atoms with Gasteiger partial charge < -0.3 is 4.74 Å². The second-order valence-electron chi connectivity index (χ2n) is 3.58. The van der Waals surface area contributed by atoms with Crippen molar-refractivity contribution in [1.29, 1.82) is 0 Å². The van der Waals surface area contributed by atoms with Crippen LogP contribution in [0.15, 0.2) is 34.9 Å². The van der Waals surface area contributed by atoms with Crippen molar-refractivity contribution >= 4 is 11.9 Å². The van der Waals surface area contributed by atoms with E-state index in [1.165, 1.54) is 0 Å². The lowest BCUT2D eigenvalue weighted by molar-refractivity contribution is -0.152. The van der Waals surface area contributed by atoms with Gasteiger partial charge in [0.05, 0.1) is 5.57 Å². The molecule has 1 atom stereocenters. The predicted octanol–water partition coefficient (Wildman–Crippen LogP) is 1.52. The third kappa shape index (κ3) is 1.13. The van der Waals surface area contributed by atoms with Crippen LogP contribution in [0.5, 0.6) is 0 Å². The number of hydrogen-bond donors (Lipinski definition) is 0. The Bertz CT molecular complexity index is 406. The summed E-state index contributed by atoms with van der Waals surface area (Å²) in [6.07, 6.45) is 5.27. The molecule has 1 aliphatic carbocycles. The molecule has 3 heteroatoms. The van der Waals surface area contributed by atoms with Crippen molar-refractivity contribution in [3.63, 3.8) is 0 Å². The van der Waals surface area contributed by atoms with E-state index in [0.717, 1.165) is 11.1 Å². The first-order chi connectivity index (χ1) is 6.61. The van der Waals surface area contributed by atoms with Crippen LogP contribution >= 0.6 is 0 Å². The molecule has 0 amide bonds. The summed E-state index contributed by atoms with van der Waals surface area (Å²) in [7, 11) is 0. The van der Waals surface area contributed by atoms with Gasteiger partial charge in [0.2, 0.25) is 0 Å².